The van der Waals surface area contributed by atoms with Crippen molar-refractivity contribution in [3.05, 3.63) is 0 Å². The first kappa shape index (κ1) is 14.4. The van der Waals surface area contributed by atoms with E-state index in [1.807, 2.05) is 0 Å². The minimum absolute atomic E-state index is 0.394. The lowest BCUT2D eigenvalue weighted by atomic mass is 10.1. The predicted molar refractivity (Wildman–Crippen MR) is 54.9 cm³/mol. The highest BCUT2D eigenvalue weighted by Crippen LogP contribution is 1.98. The molecule has 0 radical (unpaired) electrons. The van der Waals surface area contributed by atoms with Crippen LogP contribution >= 0.6 is 0 Å². The minimum atomic E-state index is -1.38. The van der Waals surface area contributed by atoms with Crippen LogP contribution in [0.3, 0.4) is 0 Å². The molecule has 92 valence electrons. The third kappa shape index (κ3) is 5.30. The zero-order valence-electron chi connectivity index (χ0n) is 9.19. The minimum Gasteiger partial charge on any atom is -0.481 e. The van der Waals surface area contributed by atoms with Crippen molar-refractivity contribution in [2.45, 2.75) is 19.4 Å². The zero-order chi connectivity index (χ0) is 12.7. The Hall–Kier alpha value is -1.63. The van der Waals surface area contributed by atoms with Crippen molar-refractivity contribution >= 4 is 17.8 Å². The normalized spacial score (nSPS) is 13.9. The first-order valence-corrected chi connectivity index (χ1v) is 4.78. The van der Waals surface area contributed by atoms with E-state index in [0.29, 0.717) is 6.54 Å². The molecule has 0 aliphatic carbocycles. The van der Waals surface area contributed by atoms with Crippen LogP contribution in [0.5, 0.6) is 0 Å². The summed E-state index contributed by atoms with van der Waals surface area (Å²) in [5, 5.41) is 22.1. The van der Waals surface area contributed by atoms with E-state index in [4.69, 9.17) is 10.2 Å². The third-order valence-electron chi connectivity index (χ3n) is 1.95. The van der Waals surface area contributed by atoms with Gasteiger partial charge in [0.2, 0.25) is 5.91 Å². The van der Waals surface area contributed by atoms with Gasteiger partial charge in [-0.25, -0.2) is 4.79 Å². The van der Waals surface area contributed by atoms with E-state index in [0.717, 1.165) is 0 Å². The smallest absolute Gasteiger partial charge is 0.326 e. The van der Waals surface area contributed by atoms with Crippen molar-refractivity contribution < 1.29 is 24.6 Å². The van der Waals surface area contributed by atoms with Crippen molar-refractivity contribution in [3.63, 3.8) is 0 Å². The molecular formula is C9H16N2O5. The van der Waals surface area contributed by atoms with E-state index >= 15 is 0 Å². The average molecular weight is 232 g/mol. The van der Waals surface area contributed by atoms with Crippen LogP contribution < -0.4 is 10.6 Å². The molecule has 0 aliphatic heterocycles. The van der Waals surface area contributed by atoms with Crippen molar-refractivity contribution in [1.82, 2.24) is 10.6 Å². The Labute approximate surface area is 92.8 Å². The summed E-state index contributed by atoms with van der Waals surface area (Å²) in [6, 6.07) is -1.38. The van der Waals surface area contributed by atoms with Crippen LogP contribution in [0.15, 0.2) is 0 Å². The fourth-order valence-electron chi connectivity index (χ4n) is 1.09. The Morgan fingerprint density at radius 1 is 1.25 bits per heavy atom. The van der Waals surface area contributed by atoms with Crippen LogP contribution in [0.4, 0.5) is 0 Å². The van der Waals surface area contributed by atoms with Crippen molar-refractivity contribution in [2.75, 3.05) is 13.6 Å². The molecule has 0 aliphatic rings. The van der Waals surface area contributed by atoms with Crippen LogP contribution in [-0.4, -0.2) is 47.7 Å². The van der Waals surface area contributed by atoms with Crippen molar-refractivity contribution in [2.24, 2.45) is 5.92 Å². The first-order valence-electron chi connectivity index (χ1n) is 4.78. The van der Waals surface area contributed by atoms with Crippen LogP contribution in [-0.2, 0) is 14.4 Å². The second-order valence-electron chi connectivity index (χ2n) is 3.46. The number of amides is 1. The number of rotatable bonds is 7. The van der Waals surface area contributed by atoms with E-state index in [-0.39, 0.29) is 0 Å². The van der Waals surface area contributed by atoms with E-state index < -0.39 is 36.2 Å². The fourth-order valence-corrected chi connectivity index (χ4v) is 1.09. The summed E-state index contributed by atoms with van der Waals surface area (Å²) >= 11 is 0. The molecule has 2 unspecified atom stereocenters. The molecule has 7 heteroatoms. The number of aliphatic carboxylic acids is 2. The molecule has 0 rings (SSSR count). The Kier molecular flexibility index (Phi) is 6.09. The second kappa shape index (κ2) is 6.78. The van der Waals surface area contributed by atoms with E-state index in [1.165, 1.54) is 0 Å². The molecule has 0 spiro atoms. The Morgan fingerprint density at radius 3 is 2.19 bits per heavy atom. The van der Waals surface area contributed by atoms with Gasteiger partial charge in [-0.15, -0.1) is 0 Å². The van der Waals surface area contributed by atoms with Crippen LogP contribution in [0, 0.1) is 5.92 Å². The molecule has 4 N–H and O–H groups in total. The molecule has 1 amide bonds. The predicted octanol–water partition coefficient (Wildman–Crippen LogP) is -1.11. The monoisotopic (exact) mass is 232 g/mol. The maximum absolute atomic E-state index is 11.4. The highest BCUT2D eigenvalue weighted by molar-refractivity contribution is 5.87. The molecule has 0 aromatic carbocycles. The molecule has 2 atom stereocenters. The number of hydrogen-bond acceptors (Lipinski definition) is 4. The number of carbonyl (C=O) groups excluding carboxylic acids is 1. The summed E-state index contributed by atoms with van der Waals surface area (Å²) < 4.78 is 0. The highest BCUT2D eigenvalue weighted by Gasteiger charge is 2.24. The van der Waals surface area contributed by atoms with E-state index in [9.17, 15) is 14.4 Å². The van der Waals surface area contributed by atoms with E-state index in [2.05, 4.69) is 10.6 Å². The van der Waals surface area contributed by atoms with Gasteiger partial charge in [-0.2, -0.15) is 0 Å². The molecule has 0 bridgehead atoms. The van der Waals surface area contributed by atoms with Crippen molar-refractivity contribution in [3.8, 4) is 0 Å². The summed E-state index contributed by atoms with van der Waals surface area (Å²) in [7, 11) is 1.66. The average Bonchev–Trinajstić information content (AvgIpc) is 2.16. The quantitative estimate of drug-likeness (QED) is 0.442. The zero-order valence-corrected chi connectivity index (χ0v) is 9.19. The van der Waals surface area contributed by atoms with Gasteiger partial charge in [0.25, 0.3) is 0 Å². The van der Waals surface area contributed by atoms with Crippen molar-refractivity contribution in [1.29, 1.82) is 0 Å². The summed E-state index contributed by atoms with van der Waals surface area (Å²) in [4.78, 5) is 32.4. The van der Waals surface area contributed by atoms with Gasteiger partial charge in [0.05, 0.1) is 6.42 Å². The fraction of sp³-hybridized carbons (Fsp3) is 0.667. The van der Waals surface area contributed by atoms with Crippen LogP contribution in [0.2, 0.25) is 0 Å². The molecule has 7 nitrogen and oxygen atoms in total. The van der Waals surface area contributed by atoms with Gasteiger partial charge < -0.3 is 20.8 Å². The van der Waals surface area contributed by atoms with Gasteiger partial charge >= 0.3 is 11.9 Å². The number of hydrogen-bond donors (Lipinski definition) is 4. The van der Waals surface area contributed by atoms with Gasteiger partial charge in [0.1, 0.15) is 6.04 Å². The van der Waals surface area contributed by atoms with E-state index in [1.54, 1.807) is 14.0 Å². The molecular weight excluding hydrogens is 216 g/mol. The molecule has 0 heterocycles. The number of carbonyl (C=O) groups is 3. The number of carboxylic acid groups (broad SMARTS) is 2. The summed E-state index contributed by atoms with van der Waals surface area (Å²) in [6.45, 7) is 2.01. The molecule has 0 aromatic rings. The van der Waals surface area contributed by atoms with Crippen LogP contribution in [0.25, 0.3) is 0 Å². The third-order valence-corrected chi connectivity index (χ3v) is 1.95. The molecule has 0 saturated heterocycles. The summed E-state index contributed by atoms with van der Waals surface area (Å²) in [5.41, 5.74) is 0. The lowest BCUT2D eigenvalue weighted by molar-refractivity contribution is -0.147. The summed E-state index contributed by atoms with van der Waals surface area (Å²) in [6.07, 6.45) is -0.632. The molecule has 16 heavy (non-hydrogen) atoms. The van der Waals surface area contributed by atoms with Gasteiger partial charge in [-0.1, -0.05) is 6.92 Å². The number of carboxylic acids is 2. The Morgan fingerprint density at radius 2 is 1.81 bits per heavy atom. The maximum Gasteiger partial charge on any atom is 0.326 e. The van der Waals surface area contributed by atoms with Gasteiger partial charge in [0.15, 0.2) is 0 Å². The maximum atomic E-state index is 11.4. The second-order valence-corrected chi connectivity index (χ2v) is 3.46. The topological polar surface area (TPSA) is 116 Å². The first-order chi connectivity index (χ1) is 7.38. The van der Waals surface area contributed by atoms with Gasteiger partial charge in [0, 0.05) is 12.5 Å². The molecule has 0 aromatic heterocycles. The van der Waals surface area contributed by atoms with Gasteiger partial charge in [-0.3, -0.25) is 9.59 Å². The molecule has 0 fully saturated rings. The highest BCUT2D eigenvalue weighted by atomic mass is 16.4. The Balaban J connectivity index is 4.34. The molecule has 0 saturated carbocycles. The standard InChI is InChI=1S/C9H16N2O5/c1-5(4-10-2)8(14)11-6(9(15)16)3-7(12)13/h5-6,10H,3-4H2,1-2H3,(H,11,14)(H,12,13)(H,15,16). The SMILES string of the molecule is CNCC(C)C(=O)NC(CC(=O)O)C(=O)O. The lowest BCUT2D eigenvalue weighted by Gasteiger charge is -2.16. The summed E-state index contributed by atoms with van der Waals surface area (Å²) in [5.74, 6) is -3.52. The lowest BCUT2D eigenvalue weighted by Crippen LogP contribution is -2.45. The van der Waals surface area contributed by atoms with Gasteiger partial charge in [-0.05, 0) is 7.05 Å². The Bertz CT molecular complexity index is 279. The largest absolute Gasteiger partial charge is 0.481 e. The number of nitrogens with one attached hydrogen (secondary N) is 2. The van der Waals surface area contributed by atoms with Crippen LogP contribution in [0.1, 0.15) is 13.3 Å².